The zero-order valence-electron chi connectivity index (χ0n) is 16.2. The molecule has 0 spiro atoms. The molecule has 0 aliphatic carbocycles. The van der Waals surface area contributed by atoms with Crippen LogP contribution in [0.25, 0.3) is 16.0 Å². The van der Waals surface area contributed by atoms with Crippen molar-refractivity contribution in [1.29, 1.82) is 0 Å². The minimum Gasteiger partial charge on any atom is -0.310 e. The molecule has 0 aromatic heterocycles. The monoisotopic (exact) mass is 372 g/mol. The molecule has 1 aliphatic heterocycles. The number of hydrogen-bond acceptors (Lipinski definition) is 1. The van der Waals surface area contributed by atoms with Gasteiger partial charge in [-0.2, -0.15) is 0 Å². The first-order valence-electron chi connectivity index (χ1n) is 9.82. The SMILES string of the molecule is [C-]#[N+]c1ccc(-c2ccc(N3c4ccccc4C(C)c4ccccc43)cc2)cc1. The van der Waals surface area contributed by atoms with Crippen molar-refractivity contribution in [1.82, 2.24) is 0 Å². The normalized spacial score (nSPS) is 12.8. The van der Waals surface area contributed by atoms with Crippen LogP contribution in [-0.4, -0.2) is 0 Å². The molecule has 0 radical (unpaired) electrons. The molecule has 1 heterocycles. The summed E-state index contributed by atoms with van der Waals surface area (Å²) in [5, 5.41) is 0. The summed E-state index contributed by atoms with van der Waals surface area (Å²) in [5.41, 5.74) is 9.28. The summed E-state index contributed by atoms with van der Waals surface area (Å²) in [6.45, 7) is 9.40. The van der Waals surface area contributed by atoms with E-state index in [1.807, 2.05) is 24.3 Å². The van der Waals surface area contributed by atoms with E-state index in [-0.39, 0.29) is 0 Å². The maximum absolute atomic E-state index is 7.11. The molecule has 5 rings (SSSR count). The van der Waals surface area contributed by atoms with Gasteiger partial charge in [0.05, 0.1) is 6.57 Å². The van der Waals surface area contributed by atoms with Gasteiger partial charge < -0.3 is 4.90 Å². The smallest absolute Gasteiger partial charge is 0.187 e. The van der Waals surface area contributed by atoms with Crippen LogP contribution in [0, 0.1) is 6.57 Å². The number of para-hydroxylation sites is 2. The number of fused-ring (bicyclic) bond motifs is 2. The van der Waals surface area contributed by atoms with Crippen molar-refractivity contribution in [3.05, 3.63) is 120 Å². The predicted molar refractivity (Wildman–Crippen MR) is 120 cm³/mol. The van der Waals surface area contributed by atoms with Crippen molar-refractivity contribution in [2.24, 2.45) is 0 Å². The number of anilines is 3. The van der Waals surface area contributed by atoms with E-state index in [0.717, 1.165) is 16.8 Å². The van der Waals surface area contributed by atoms with Crippen LogP contribution in [-0.2, 0) is 0 Å². The molecular formula is C27H20N2. The average molecular weight is 372 g/mol. The number of rotatable bonds is 2. The highest BCUT2D eigenvalue weighted by Gasteiger charge is 2.28. The van der Waals surface area contributed by atoms with E-state index in [4.69, 9.17) is 6.57 Å². The quantitative estimate of drug-likeness (QED) is 0.325. The molecule has 0 saturated carbocycles. The third-order valence-corrected chi connectivity index (χ3v) is 5.74. The minimum atomic E-state index is 0.374. The molecule has 0 atom stereocenters. The largest absolute Gasteiger partial charge is 0.310 e. The second-order valence-corrected chi connectivity index (χ2v) is 7.38. The Hall–Kier alpha value is -3.83. The Labute approximate surface area is 171 Å². The summed E-state index contributed by atoms with van der Waals surface area (Å²) >= 11 is 0. The van der Waals surface area contributed by atoms with Crippen molar-refractivity contribution in [3.63, 3.8) is 0 Å². The van der Waals surface area contributed by atoms with Crippen molar-refractivity contribution in [2.75, 3.05) is 4.90 Å². The molecule has 4 aromatic carbocycles. The van der Waals surface area contributed by atoms with Gasteiger partial charge in [0.25, 0.3) is 0 Å². The fraction of sp³-hybridized carbons (Fsp3) is 0.0741. The first-order chi connectivity index (χ1) is 14.3. The molecule has 0 bridgehead atoms. The molecule has 1 aliphatic rings. The summed E-state index contributed by atoms with van der Waals surface area (Å²) in [4.78, 5) is 5.83. The van der Waals surface area contributed by atoms with Crippen LogP contribution in [0.1, 0.15) is 24.0 Å². The number of benzene rings is 4. The molecule has 2 nitrogen and oxygen atoms in total. The van der Waals surface area contributed by atoms with Crippen molar-refractivity contribution in [2.45, 2.75) is 12.8 Å². The van der Waals surface area contributed by atoms with Crippen LogP contribution < -0.4 is 4.90 Å². The third-order valence-electron chi connectivity index (χ3n) is 5.74. The maximum Gasteiger partial charge on any atom is 0.187 e. The highest BCUT2D eigenvalue weighted by atomic mass is 15.2. The number of nitrogens with zero attached hydrogens (tertiary/aromatic N) is 2. The van der Waals surface area contributed by atoms with Gasteiger partial charge in [-0.3, -0.25) is 0 Å². The molecule has 0 amide bonds. The lowest BCUT2D eigenvalue weighted by Gasteiger charge is -2.36. The Bertz CT molecular complexity index is 1170. The molecule has 0 unspecified atom stereocenters. The van der Waals surface area contributed by atoms with Gasteiger partial charge in [-0.1, -0.05) is 79.7 Å². The summed E-state index contributed by atoms with van der Waals surface area (Å²) in [6.07, 6.45) is 0. The lowest BCUT2D eigenvalue weighted by molar-refractivity contribution is 0.892. The fourth-order valence-corrected chi connectivity index (χ4v) is 4.22. The van der Waals surface area contributed by atoms with Gasteiger partial charge >= 0.3 is 0 Å². The molecule has 0 saturated heterocycles. The summed E-state index contributed by atoms with van der Waals surface area (Å²) < 4.78 is 0. The van der Waals surface area contributed by atoms with Crippen LogP contribution in [0.5, 0.6) is 0 Å². The van der Waals surface area contributed by atoms with Gasteiger partial charge in [0.1, 0.15) is 0 Å². The lowest BCUT2D eigenvalue weighted by atomic mass is 9.86. The molecule has 0 N–H and O–H groups in total. The Morgan fingerprint density at radius 2 is 1.14 bits per heavy atom. The minimum absolute atomic E-state index is 0.374. The molecule has 138 valence electrons. The summed E-state index contributed by atoms with van der Waals surface area (Å²) in [7, 11) is 0. The van der Waals surface area contributed by atoms with Gasteiger partial charge in [-0.25, -0.2) is 4.85 Å². The third kappa shape index (κ3) is 2.88. The van der Waals surface area contributed by atoms with E-state index in [2.05, 4.69) is 89.5 Å². The molecule has 2 heteroatoms. The Kier molecular flexibility index (Phi) is 4.15. The van der Waals surface area contributed by atoms with E-state index in [0.29, 0.717) is 11.6 Å². The van der Waals surface area contributed by atoms with Gasteiger partial charge in [0.2, 0.25) is 0 Å². The van der Waals surface area contributed by atoms with Crippen molar-refractivity contribution >= 4 is 22.7 Å². The van der Waals surface area contributed by atoms with Crippen LogP contribution in [0.4, 0.5) is 22.7 Å². The standard InChI is InChI=1S/C27H20N2/c1-19-24-7-3-5-9-26(24)29(27-10-6-4-8-25(19)27)23-17-13-21(14-18-23)20-11-15-22(28-2)16-12-20/h3-19H,1H3. The Morgan fingerprint density at radius 3 is 1.66 bits per heavy atom. The Morgan fingerprint density at radius 1 is 0.655 bits per heavy atom. The maximum atomic E-state index is 7.11. The molecule has 29 heavy (non-hydrogen) atoms. The first kappa shape index (κ1) is 17.3. The van der Waals surface area contributed by atoms with E-state index in [1.54, 1.807) is 0 Å². The van der Waals surface area contributed by atoms with Crippen LogP contribution in [0.3, 0.4) is 0 Å². The van der Waals surface area contributed by atoms with Gasteiger partial charge in [-0.05, 0) is 46.5 Å². The number of hydrogen-bond donors (Lipinski definition) is 0. The lowest BCUT2D eigenvalue weighted by Crippen LogP contribution is -2.20. The highest BCUT2D eigenvalue weighted by Crippen LogP contribution is 2.48. The van der Waals surface area contributed by atoms with Gasteiger partial charge in [-0.15, -0.1) is 0 Å². The predicted octanol–water partition coefficient (Wildman–Crippen LogP) is 7.84. The zero-order valence-corrected chi connectivity index (χ0v) is 16.2. The van der Waals surface area contributed by atoms with Crippen LogP contribution in [0.2, 0.25) is 0 Å². The van der Waals surface area contributed by atoms with E-state index in [1.165, 1.54) is 22.5 Å². The second-order valence-electron chi connectivity index (χ2n) is 7.38. The zero-order chi connectivity index (χ0) is 19.8. The topological polar surface area (TPSA) is 7.60 Å². The van der Waals surface area contributed by atoms with Crippen LogP contribution >= 0.6 is 0 Å². The van der Waals surface area contributed by atoms with Gasteiger partial charge in [0, 0.05) is 23.0 Å². The fourth-order valence-electron chi connectivity index (χ4n) is 4.22. The van der Waals surface area contributed by atoms with Gasteiger partial charge in [0.15, 0.2) is 5.69 Å². The first-order valence-corrected chi connectivity index (χ1v) is 9.82. The molecule has 4 aromatic rings. The van der Waals surface area contributed by atoms with E-state index < -0.39 is 0 Å². The molecule has 0 fully saturated rings. The summed E-state index contributed by atoms with van der Waals surface area (Å²) in [6, 6.07) is 33.8. The van der Waals surface area contributed by atoms with E-state index in [9.17, 15) is 0 Å². The average Bonchev–Trinajstić information content (AvgIpc) is 2.80. The molecular weight excluding hydrogens is 352 g/mol. The second kappa shape index (κ2) is 6.96. The summed E-state index contributed by atoms with van der Waals surface area (Å²) in [5.74, 6) is 0.374. The van der Waals surface area contributed by atoms with Crippen molar-refractivity contribution in [3.8, 4) is 11.1 Å². The Balaban J connectivity index is 1.59. The van der Waals surface area contributed by atoms with Crippen LogP contribution in [0.15, 0.2) is 97.1 Å². The highest BCUT2D eigenvalue weighted by molar-refractivity contribution is 5.85. The van der Waals surface area contributed by atoms with E-state index >= 15 is 0 Å². The van der Waals surface area contributed by atoms with Crippen molar-refractivity contribution < 1.29 is 0 Å².